The van der Waals surface area contributed by atoms with E-state index in [0.29, 0.717) is 29.3 Å². The molecule has 0 aliphatic heterocycles. The molecule has 0 aliphatic carbocycles. The molecule has 3 aromatic rings. The van der Waals surface area contributed by atoms with Gasteiger partial charge in [0.2, 0.25) is 0 Å². The minimum absolute atomic E-state index is 0.0686. The van der Waals surface area contributed by atoms with Crippen LogP contribution in [-0.2, 0) is 0 Å². The second kappa shape index (κ2) is 7.52. The number of hydrogen-bond donors (Lipinski definition) is 1. The van der Waals surface area contributed by atoms with Crippen LogP contribution in [0.1, 0.15) is 30.9 Å². The number of hydrogen-bond acceptors (Lipinski definition) is 5. The summed E-state index contributed by atoms with van der Waals surface area (Å²) in [6.45, 7) is 5.90. The van der Waals surface area contributed by atoms with E-state index in [1.807, 2.05) is 18.2 Å². The predicted molar refractivity (Wildman–Crippen MR) is 101 cm³/mol. The first-order valence-corrected chi connectivity index (χ1v) is 8.66. The van der Waals surface area contributed by atoms with E-state index in [2.05, 4.69) is 19.1 Å². The van der Waals surface area contributed by atoms with Gasteiger partial charge in [0.05, 0.1) is 12.2 Å². The molecule has 1 N–H and O–H groups in total. The molecule has 0 atom stereocenters. The lowest BCUT2D eigenvalue weighted by Crippen LogP contribution is -2.05. The minimum Gasteiger partial charge on any atom is -0.507 e. The lowest BCUT2D eigenvalue weighted by atomic mass is 10.1. The van der Waals surface area contributed by atoms with E-state index >= 15 is 0 Å². The third-order valence-corrected chi connectivity index (χ3v) is 4.22. The number of benzene rings is 1. The molecule has 136 valence electrons. The normalized spacial score (nSPS) is 11.5. The van der Waals surface area contributed by atoms with Crippen molar-refractivity contribution in [3.05, 3.63) is 58.0 Å². The first kappa shape index (κ1) is 17.9. The van der Waals surface area contributed by atoms with Crippen molar-refractivity contribution in [3.8, 4) is 23.0 Å². The summed E-state index contributed by atoms with van der Waals surface area (Å²) in [6, 6.07) is 7.36. The van der Waals surface area contributed by atoms with Gasteiger partial charge in [-0.15, -0.1) is 0 Å². The Balaban J connectivity index is 1.88. The van der Waals surface area contributed by atoms with E-state index in [1.54, 1.807) is 13.0 Å². The first-order valence-electron chi connectivity index (χ1n) is 8.66. The van der Waals surface area contributed by atoms with Crippen molar-refractivity contribution in [2.24, 2.45) is 0 Å². The van der Waals surface area contributed by atoms with Gasteiger partial charge in [0.1, 0.15) is 17.1 Å². The van der Waals surface area contributed by atoms with E-state index in [0.717, 1.165) is 18.2 Å². The van der Waals surface area contributed by atoms with Crippen LogP contribution in [0, 0.1) is 13.8 Å². The average molecular weight is 354 g/mol. The second-order valence-corrected chi connectivity index (χ2v) is 6.14. The van der Waals surface area contributed by atoms with Crippen LogP contribution in [0.15, 0.2) is 50.0 Å². The third kappa shape index (κ3) is 3.52. The zero-order chi connectivity index (χ0) is 18.7. The van der Waals surface area contributed by atoms with Crippen LogP contribution in [0.2, 0.25) is 0 Å². The summed E-state index contributed by atoms with van der Waals surface area (Å²) in [4.78, 5) is 11.9. The molecule has 0 unspecified atom stereocenters. The Morgan fingerprint density at radius 1 is 1.12 bits per heavy atom. The molecule has 2 heterocycles. The molecule has 0 amide bonds. The van der Waals surface area contributed by atoms with Crippen LogP contribution in [0.25, 0.3) is 22.5 Å². The highest BCUT2D eigenvalue weighted by Gasteiger charge is 2.18. The molecule has 0 spiro atoms. The fraction of sp³-hybridized carbons (Fsp3) is 0.286. The fourth-order valence-corrected chi connectivity index (χ4v) is 2.71. The molecule has 0 bridgehead atoms. The van der Waals surface area contributed by atoms with Crippen molar-refractivity contribution in [2.45, 2.75) is 33.6 Å². The van der Waals surface area contributed by atoms with Crippen molar-refractivity contribution in [1.29, 1.82) is 0 Å². The SMILES string of the molecule is CC/C=C/CCOc1ccc2cc(-c3oc(=O)c(C)c(O)c3C)oc2c1. The van der Waals surface area contributed by atoms with Gasteiger partial charge >= 0.3 is 5.63 Å². The van der Waals surface area contributed by atoms with Crippen LogP contribution in [0.5, 0.6) is 11.5 Å². The molecule has 5 nitrogen and oxygen atoms in total. The smallest absolute Gasteiger partial charge is 0.343 e. The Bertz CT molecular complexity index is 1010. The number of rotatable bonds is 6. The Kier molecular flexibility index (Phi) is 5.16. The Morgan fingerprint density at radius 3 is 2.69 bits per heavy atom. The van der Waals surface area contributed by atoms with Gasteiger partial charge in [-0.05, 0) is 44.9 Å². The quantitative estimate of drug-likeness (QED) is 0.492. The maximum Gasteiger partial charge on any atom is 0.343 e. The maximum atomic E-state index is 11.9. The van der Waals surface area contributed by atoms with Gasteiger partial charge in [0, 0.05) is 17.0 Å². The monoisotopic (exact) mass is 354 g/mol. The first-order chi connectivity index (χ1) is 12.5. The highest BCUT2D eigenvalue weighted by Crippen LogP contribution is 2.34. The van der Waals surface area contributed by atoms with Crippen LogP contribution < -0.4 is 10.4 Å². The van der Waals surface area contributed by atoms with E-state index in [9.17, 15) is 9.90 Å². The zero-order valence-electron chi connectivity index (χ0n) is 15.2. The van der Waals surface area contributed by atoms with Crippen LogP contribution in [0.4, 0.5) is 0 Å². The molecular weight excluding hydrogens is 332 g/mol. The summed E-state index contributed by atoms with van der Waals surface area (Å²) in [5, 5.41) is 10.9. The molecule has 0 saturated heterocycles. The van der Waals surface area contributed by atoms with E-state index in [4.69, 9.17) is 13.6 Å². The number of fused-ring (bicyclic) bond motifs is 1. The molecule has 26 heavy (non-hydrogen) atoms. The Morgan fingerprint density at radius 2 is 1.92 bits per heavy atom. The van der Waals surface area contributed by atoms with Gasteiger partial charge in [-0.1, -0.05) is 19.1 Å². The van der Waals surface area contributed by atoms with E-state index < -0.39 is 5.63 Å². The van der Waals surface area contributed by atoms with Crippen molar-refractivity contribution < 1.29 is 18.7 Å². The molecule has 2 aromatic heterocycles. The lowest BCUT2D eigenvalue weighted by molar-refractivity contribution is 0.325. The lowest BCUT2D eigenvalue weighted by Gasteiger charge is -2.05. The van der Waals surface area contributed by atoms with Gasteiger partial charge in [-0.25, -0.2) is 4.79 Å². The van der Waals surface area contributed by atoms with E-state index in [1.165, 1.54) is 6.92 Å². The van der Waals surface area contributed by atoms with Crippen LogP contribution >= 0.6 is 0 Å². The zero-order valence-corrected chi connectivity index (χ0v) is 15.2. The number of aromatic hydroxyl groups is 1. The largest absolute Gasteiger partial charge is 0.507 e. The summed E-state index contributed by atoms with van der Waals surface area (Å²) in [7, 11) is 0. The average Bonchev–Trinajstić information content (AvgIpc) is 3.05. The maximum absolute atomic E-state index is 11.9. The Hall–Kier alpha value is -2.95. The third-order valence-electron chi connectivity index (χ3n) is 4.22. The molecule has 0 saturated carbocycles. The Labute approximate surface area is 151 Å². The highest BCUT2D eigenvalue weighted by molar-refractivity contribution is 5.83. The van der Waals surface area contributed by atoms with Gasteiger partial charge in [0.25, 0.3) is 0 Å². The van der Waals surface area contributed by atoms with Gasteiger partial charge < -0.3 is 18.7 Å². The number of allylic oxidation sites excluding steroid dienone is 1. The van der Waals surface area contributed by atoms with Crippen molar-refractivity contribution in [1.82, 2.24) is 0 Å². The van der Waals surface area contributed by atoms with Crippen molar-refractivity contribution >= 4 is 11.0 Å². The van der Waals surface area contributed by atoms with Crippen LogP contribution in [-0.4, -0.2) is 11.7 Å². The summed E-state index contributed by atoms with van der Waals surface area (Å²) < 4.78 is 16.9. The van der Waals surface area contributed by atoms with Gasteiger partial charge in [-0.2, -0.15) is 0 Å². The molecule has 5 heteroatoms. The number of ether oxygens (including phenoxy) is 1. The molecule has 0 aliphatic rings. The number of furan rings is 1. The van der Waals surface area contributed by atoms with Gasteiger partial charge in [-0.3, -0.25) is 0 Å². The molecular formula is C21H22O5. The fourth-order valence-electron chi connectivity index (χ4n) is 2.71. The predicted octanol–water partition coefficient (Wildman–Crippen LogP) is 5.11. The van der Waals surface area contributed by atoms with E-state index in [-0.39, 0.29) is 17.1 Å². The summed E-state index contributed by atoms with van der Waals surface area (Å²) in [5.41, 5.74) is 0.715. The van der Waals surface area contributed by atoms with Crippen molar-refractivity contribution in [3.63, 3.8) is 0 Å². The second-order valence-electron chi connectivity index (χ2n) is 6.14. The molecule has 3 rings (SSSR count). The summed E-state index contributed by atoms with van der Waals surface area (Å²) in [6.07, 6.45) is 6.07. The van der Waals surface area contributed by atoms with Gasteiger partial charge in [0.15, 0.2) is 11.5 Å². The summed E-state index contributed by atoms with van der Waals surface area (Å²) in [5.74, 6) is 1.28. The van der Waals surface area contributed by atoms with Crippen molar-refractivity contribution in [2.75, 3.05) is 6.61 Å². The minimum atomic E-state index is -0.576. The molecule has 0 radical (unpaired) electrons. The van der Waals surface area contributed by atoms with Crippen LogP contribution in [0.3, 0.4) is 0 Å². The summed E-state index contributed by atoms with van der Waals surface area (Å²) >= 11 is 0. The molecule has 1 aromatic carbocycles. The highest BCUT2D eigenvalue weighted by atomic mass is 16.5. The topological polar surface area (TPSA) is 72.8 Å². The molecule has 0 fully saturated rings. The standard InChI is InChI=1S/C21H22O5/c1-4-5-6-7-10-24-16-9-8-15-11-18(25-17(15)12-16)20-13(2)19(22)14(3)21(23)26-20/h5-6,8-9,11-12,22H,4,7,10H2,1-3H3/b6-5+.